The van der Waals surface area contributed by atoms with Gasteiger partial charge in [-0.05, 0) is 50.5 Å². The number of sulfonamides is 1. The molecule has 1 aromatic carbocycles. The predicted molar refractivity (Wildman–Crippen MR) is 113 cm³/mol. The highest BCUT2D eigenvalue weighted by molar-refractivity contribution is 7.93. The molecule has 0 bridgehead atoms. The van der Waals surface area contributed by atoms with Crippen LogP contribution in [0.3, 0.4) is 0 Å². The number of hydroxylamine groups is 1. The Labute approximate surface area is 175 Å². The van der Waals surface area contributed by atoms with E-state index >= 15 is 0 Å². The van der Waals surface area contributed by atoms with Crippen molar-refractivity contribution >= 4 is 44.6 Å². The number of benzene rings is 1. The van der Waals surface area contributed by atoms with Crippen molar-refractivity contribution in [3.05, 3.63) is 46.7 Å². The number of carbonyl (C=O) groups is 1. The van der Waals surface area contributed by atoms with Crippen LogP contribution in [0.4, 0.5) is 17.1 Å². The zero-order valence-electron chi connectivity index (χ0n) is 16.4. The third-order valence-electron chi connectivity index (χ3n) is 4.51. The van der Waals surface area contributed by atoms with Crippen LogP contribution in [-0.2, 0) is 14.9 Å². The van der Waals surface area contributed by atoms with Gasteiger partial charge in [0.1, 0.15) is 5.15 Å². The molecule has 1 heterocycles. The molecule has 0 saturated heterocycles. The van der Waals surface area contributed by atoms with Crippen molar-refractivity contribution in [1.82, 2.24) is 10.5 Å². The molecule has 1 amide bonds. The number of anilines is 3. The maximum atomic E-state index is 12.7. The molecule has 1 saturated carbocycles. The summed E-state index contributed by atoms with van der Waals surface area (Å²) in [7, 11) is -1.90. The van der Waals surface area contributed by atoms with Crippen molar-refractivity contribution in [3.63, 3.8) is 0 Å². The van der Waals surface area contributed by atoms with E-state index in [-0.39, 0.29) is 16.0 Å². The molecule has 10 heteroatoms. The Kier molecular flexibility index (Phi) is 6.30. The Bertz CT molecular complexity index is 1020. The lowest BCUT2D eigenvalue weighted by molar-refractivity contribution is 0.0365. The van der Waals surface area contributed by atoms with Crippen LogP contribution >= 0.6 is 11.6 Å². The van der Waals surface area contributed by atoms with Crippen LogP contribution in [0, 0.1) is 6.92 Å². The largest absolute Gasteiger partial charge is 0.353 e. The highest BCUT2D eigenvalue weighted by atomic mass is 35.5. The van der Waals surface area contributed by atoms with Crippen LogP contribution in [0.15, 0.2) is 30.5 Å². The lowest BCUT2D eigenvalue weighted by Crippen LogP contribution is -2.30. The smallest absolute Gasteiger partial charge is 0.278 e. The number of aryl methyl sites for hydroxylation is 1. The van der Waals surface area contributed by atoms with Crippen LogP contribution in [0.25, 0.3) is 0 Å². The zero-order chi connectivity index (χ0) is 21.2. The average Bonchev–Trinajstić information content (AvgIpc) is 3.53. The zero-order valence-corrected chi connectivity index (χ0v) is 18.0. The van der Waals surface area contributed by atoms with Crippen LogP contribution in [-0.4, -0.2) is 38.2 Å². The normalized spacial score (nSPS) is 13.8. The Morgan fingerprint density at radius 1 is 1.31 bits per heavy atom. The number of amides is 1. The monoisotopic (exact) mass is 438 g/mol. The second kappa shape index (κ2) is 8.56. The highest BCUT2D eigenvalue weighted by Gasteiger charge is 2.39. The van der Waals surface area contributed by atoms with Gasteiger partial charge in [-0.1, -0.05) is 17.7 Å². The molecule has 1 aliphatic rings. The number of aromatic nitrogens is 1. The fourth-order valence-corrected chi connectivity index (χ4v) is 4.55. The molecule has 0 unspecified atom stereocenters. The van der Waals surface area contributed by atoms with Gasteiger partial charge in [0.15, 0.2) is 0 Å². The third kappa shape index (κ3) is 4.80. The molecule has 0 aliphatic heterocycles. The molecule has 2 aromatic rings. The summed E-state index contributed by atoms with van der Waals surface area (Å²) in [5, 5.41) is 2.98. The summed E-state index contributed by atoms with van der Waals surface area (Å²) in [6.07, 6.45) is 2.67. The van der Waals surface area contributed by atoms with Crippen molar-refractivity contribution in [2.24, 2.45) is 0 Å². The number of halogens is 1. The van der Waals surface area contributed by atoms with Gasteiger partial charge in [0.25, 0.3) is 5.91 Å². The molecule has 29 heavy (non-hydrogen) atoms. The molecule has 8 nitrogen and oxygen atoms in total. The molecule has 0 spiro atoms. The number of rotatable bonds is 8. The van der Waals surface area contributed by atoms with Crippen molar-refractivity contribution in [2.75, 3.05) is 23.3 Å². The van der Waals surface area contributed by atoms with Gasteiger partial charge < -0.3 is 5.32 Å². The Balaban J connectivity index is 1.99. The second-order valence-electron chi connectivity index (χ2n) is 6.77. The molecular weight excluding hydrogens is 416 g/mol. The summed E-state index contributed by atoms with van der Waals surface area (Å²) < 4.78 is 26.8. The van der Waals surface area contributed by atoms with Crippen LogP contribution in [0.2, 0.25) is 5.15 Å². The topological polar surface area (TPSA) is 101 Å². The first-order valence-corrected chi connectivity index (χ1v) is 11.0. The van der Waals surface area contributed by atoms with Gasteiger partial charge in [0.05, 0.1) is 34.5 Å². The van der Waals surface area contributed by atoms with E-state index in [4.69, 9.17) is 16.4 Å². The first-order valence-electron chi connectivity index (χ1n) is 9.17. The van der Waals surface area contributed by atoms with Crippen molar-refractivity contribution < 1.29 is 18.0 Å². The van der Waals surface area contributed by atoms with Crippen molar-refractivity contribution in [1.29, 1.82) is 0 Å². The molecule has 1 fully saturated rings. The summed E-state index contributed by atoms with van der Waals surface area (Å²) in [5.74, 6) is -0.494. The van der Waals surface area contributed by atoms with Gasteiger partial charge in [-0.3, -0.25) is 13.9 Å². The van der Waals surface area contributed by atoms with Crippen LogP contribution < -0.4 is 15.1 Å². The quantitative estimate of drug-likeness (QED) is 0.484. The van der Waals surface area contributed by atoms with Crippen molar-refractivity contribution in [3.8, 4) is 0 Å². The number of carbonyl (C=O) groups excluding carboxylic acids is 1. The summed E-state index contributed by atoms with van der Waals surface area (Å²) in [6, 6.07) is 6.90. The second-order valence-corrected chi connectivity index (χ2v) is 9.41. The molecule has 0 radical (unpaired) electrons. The van der Waals surface area contributed by atoms with E-state index in [0.29, 0.717) is 36.5 Å². The molecule has 0 atom stereocenters. The number of pyridine rings is 1. The van der Waals surface area contributed by atoms with Crippen LogP contribution in [0.5, 0.6) is 0 Å². The minimum atomic E-state index is -3.44. The molecule has 156 valence electrons. The summed E-state index contributed by atoms with van der Waals surface area (Å²) >= 11 is 6.02. The van der Waals surface area contributed by atoms with E-state index in [1.165, 1.54) is 23.6 Å². The first kappa shape index (κ1) is 21.4. The molecule has 2 N–H and O–H groups in total. The Morgan fingerprint density at radius 3 is 2.69 bits per heavy atom. The minimum absolute atomic E-state index is 0.188. The highest BCUT2D eigenvalue weighted by Crippen LogP contribution is 2.37. The fraction of sp³-hybridized carbons (Fsp3) is 0.368. The Hall–Kier alpha value is -2.36. The lowest BCUT2D eigenvalue weighted by Gasteiger charge is -2.24. The van der Waals surface area contributed by atoms with Gasteiger partial charge >= 0.3 is 0 Å². The van der Waals surface area contributed by atoms with Gasteiger partial charge in [-0.25, -0.2) is 18.9 Å². The standard InChI is InChI=1S/C19H23ClN4O4S/c1-4-28-23-19(25)14-11-21-18(20)10-16(14)22-15-8-5-12(2)9-17(15)24(3)29(26,27)13-6-7-13/h5,8-11,13H,4,6-7H2,1-3H3,(H,21,22)(H,23,25). The minimum Gasteiger partial charge on any atom is -0.353 e. The van der Waals surface area contributed by atoms with Gasteiger partial charge in [0.2, 0.25) is 10.0 Å². The summed E-state index contributed by atoms with van der Waals surface area (Å²) in [4.78, 5) is 21.3. The van der Waals surface area contributed by atoms with E-state index in [1.54, 1.807) is 19.1 Å². The van der Waals surface area contributed by atoms with E-state index in [2.05, 4.69) is 15.8 Å². The number of hydrogen-bond donors (Lipinski definition) is 2. The maximum Gasteiger partial charge on any atom is 0.278 e. The molecule has 3 rings (SSSR count). The van der Waals surface area contributed by atoms with E-state index in [9.17, 15) is 13.2 Å². The van der Waals surface area contributed by atoms with Gasteiger partial charge in [-0.2, -0.15) is 0 Å². The van der Waals surface area contributed by atoms with Gasteiger partial charge in [0, 0.05) is 13.2 Å². The summed E-state index contributed by atoms with van der Waals surface area (Å²) in [5.41, 5.74) is 4.83. The number of nitrogens with zero attached hydrogens (tertiary/aromatic N) is 2. The summed E-state index contributed by atoms with van der Waals surface area (Å²) in [6.45, 7) is 3.94. The number of nitrogens with one attached hydrogen (secondary N) is 2. The first-order chi connectivity index (χ1) is 13.7. The van der Waals surface area contributed by atoms with E-state index in [1.807, 2.05) is 13.0 Å². The SMILES string of the molecule is CCONC(=O)c1cnc(Cl)cc1Nc1ccc(C)cc1N(C)S(=O)(=O)C1CC1. The number of hydrogen-bond acceptors (Lipinski definition) is 6. The maximum absolute atomic E-state index is 12.7. The van der Waals surface area contributed by atoms with Crippen molar-refractivity contribution in [2.45, 2.75) is 31.9 Å². The van der Waals surface area contributed by atoms with Gasteiger partial charge in [-0.15, -0.1) is 0 Å². The molecular formula is C19H23ClN4O4S. The molecule has 1 aliphatic carbocycles. The van der Waals surface area contributed by atoms with Crippen LogP contribution in [0.1, 0.15) is 35.7 Å². The lowest BCUT2D eigenvalue weighted by atomic mass is 10.1. The average molecular weight is 439 g/mol. The predicted octanol–water partition coefficient (Wildman–Crippen LogP) is 3.40. The Morgan fingerprint density at radius 2 is 2.03 bits per heavy atom. The fourth-order valence-electron chi connectivity index (χ4n) is 2.79. The molecule has 1 aromatic heterocycles. The third-order valence-corrected chi connectivity index (χ3v) is 6.99. The van der Waals surface area contributed by atoms with E-state index < -0.39 is 15.9 Å². The van der Waals surface area contributed by atoms with E-state index in [0.717, 1.165) is 5.56 Å².